The van der Waals surface area contributed by atoms with Crippen LogP contribution in [-0.4, -0.2) is 23.1 Å². The number of rotatable bonds is 10. The molecule has 2 nitrogen and oxygen atoms in total. The third kappa shape index (κ3) is 10.9. The molecule has 0 saturated heterocycles. The maximum Gasteiger partial charge on any atom is 0.134 e. The summed E-state index contributed by atoms with van der Waals surface area (Å²) in [6.45, 7) is 6.32. The van der Waals surface area contributed by atoms with Crippen LogP contribution in [0.25, 0.3) is 0 Å². The zero-order valence-electron chi connectivity index (χ0n) is 11.9. The highest BCUT2D eigenvalue weighted by Crippen LogP contribution is 1.98. The van der Waals surface area contributed by atoms with Gasteiger partial charge in [0.05, 0.1) is 0 Å². The van der Waals surface area contributed by atoms with Crippen LogP contribution in [0.15, 0.2) is 0 Å². The molecular weight excluding hydrogens is 260 g/mol. The molecule has 0 rings (SSSR count). The molecule has 0 aromatic carbocycles. The van der Waals surface area contributed by atoms with Gasteiger partial charge in [0, 0.05) is 13.1 Å². The fourth-order valence-corrected chi connectivity index (χ4v) is 2.02. The second-order valence-electron chi connectivity index (χ2n) is 4.63. The Morgan fingerprint density at radius 3 is 1.39 bits per heavy atom. The molecular formula is C14H28N2S2. The molecule has 0 aliphatic carbocycles. The van der Waals surface area contributed by atoms with E-state index in [9.17, 15) is 0 Å². The molecule has 0 aliphatic rings. The van der Waals surface area contributed by atoms with Gasteiger partial charge in [0.1, 0.15) is 9.98 Å². The molecule has 2 N–H and O–H groups in total. The van der Waals surface area contributed by atoms with E-state index in [1.165, 1.54) is 51.4 Å². The highest BCUT2D eigenvalue weighted by atomic mass is 32.1. The van der Waals surface area contributed by atoms with Crippen LogP contribution < -0.4 is 10.6 Å². The Morgan fingerprint density at radius 2 is 1.06 bits per heavy atom. The molecule has 0 aromatic rings. The van der Waals surface area contributed by atoms with Gasteiger partial charge < -0.3 is 10.6 Å². The largest absolute Gasteiger partial charge is 0.374 e. The molecule has 0 bridgehead atoms. The van der Waals surface area contributed by atoms with E-state index in [2.05, 4.69) is 24.5 Å². The average Bonchev–Trinajstić information content (AvgIpc) is 2.37. The summed E-state index contributed by atoms with van der Waals surface area (Å²) in [6.07, 6.45) is 10.0. The van der Waals surface area contributed by atoms with Crippen LogP contribution in [0.4, 0.5) is 0 Å². The molecule has 0 aromatic heterocycles. The van der Waals surface area contributed by atoms with E-state index in [1.54, 1.807) is 0 Å². The minimum absolute atomic E-state index is 0.706. The van der Waals surface area contributed by atoms with Gasteiger partial charge in [-0.1, -0.05) is 76.8 Å². The molecule has 0 aliphatic heterocycles. The number of hydrogen-bond donors (Lipinski definition) is 2. The lowest BCUT2D eigenvalue weighted by Gasteiger charge is -2.11. The molecule has 18 heavy (non-hydrogen) atoms. The summed E-state index contributed by atoms with van der Waals surface area (Å²) < 4.78 is 0. The van der Waals surface area contributed by atoms with Gasteiger partial charge in [0.2, 0.25) is 0 Å². The van der Waals surface area contributed by atoms with E-state index in [0.717, 1.165) is 13.1 Å². The van der Waals surface area contributed by atoms with Crippen molar-refractivity contribution >= 4 is 34.4 Å². The predicted octanol–water partition coefficient (Wildman–Crippen LogP) is 3.98. The van der Waals surface area contributed by atoms with Crippen molar-refractivity contribution in [3.05, 3.63) is 0 Å². The number of thiocarbonyl (C=S) groups is 2. The summed E-state index contributed by atoms with van der Waals surface area (Å²) in [5.41, 5.74) is 0. The van der Waals surface area contributed by atoms with Crippen LogP contribution in [-0.2, 0) is 0 Å². The number of unbranched alkanes of at least 4 members (excludes halogenated alkanes) is 6. The zero-order chi connectivity index (χ0) is 13.6. The minimum atomic E-state index is 0.706. The summed E-state index contributed by atoms with van der Waals surface area (Å²) in [6, 6.07) is 0. The van der Waals surface area contributed by atoms with Gasteiger partial charge in [-0.2, -0.15) is 0 Å². The Kier molecular flexibility index (Phi) is 13.1. The van der Waals surface area contributed by atoms with E-state index in [0.29, 0.717) is 9.98 Å². The van der Waals surface area contributed by atoms with Crippen LogP contribution in [0.2, 0.25) is 0 Å². The van der Waals surface area contributed by atoms with Gasteiger partial charge in [-0.25, -0.2) is 0 Å². The fraction of sp³-hybridized carbons (Fsp3) is 0.857. The van der Waals surface area contributed by atoms with Crippen LogP contribution in [0.3, 0.4) is 0 Å². The summed E-state index contributed by atoms with van der Waals surface area (Å²) in [7, 11) is 0. The Bertz CT molecular complexity index is 206. The molecule has 0 heterocycles. The zero-order valence-corrected chi connectivity index (χ0v) is 13.5. The second kappa shape index (κ2) is 13.2. The highest BCUT2D eigenvalue weighted by Gasteiger charge is 2.02. The maximum atomic E-state index is 5.24. The van der Waals surface area contributed by atoms with Crippen LogP contribution in [0.1, 0.15) is 65.2 Å². The molecule has 0 amide bonds. The van der Waals surface area contributed by atoms with Gasteiger partial charge in [0.25, 0.3) is 0 Å². The topological polar surface area (TPSA) is 24.1 Å². The third-order valence-electron chi connectivity index (χ3n) is 2.84. The molecule has 4 heteroatoms. The van der Waals surface area contributed by atoms with E-state index < -0.39 is 0 Å². The summed E-state index contributed by atoms with van der Waals surface area (Å²) >= 11 is 10.5. The molecule has 0 unspecified atom stereocenters. The van der Waals surface area contributed by atoms with Gasteiger partial charge in [-0.05, 0) is 12.8 Å². The van der Waals surface area contributed by atoms with E-state index in [-0.39, 0.29) is 0 Å². The van der Waals surface area contributed by atoms with Crippen molar-refractivity contribution in [3.8, 4) is 0 Å². The minimum Gasteiger partial charge on any atom is -0.374 e. The smallest absolute Gasteiger partial charge is 0.134 e. The lowest BCUT2D eigenvalue weighted by atomic mass is 10.2. The van der Waals surface area contributed by atoms with E-state index in [4.69, 9.17) is 24.4 Å². The molecule has 106 valence electrons. The third-order valence-corrected chi connectivity index (χ3v) is 3.66. The highest BCUT2D eigenvalue weighted by molar-refractivity contribution is 7.89. The average molecular weight is 289 g/mol. The van der Waals surface area contributed by atoms with Crippen molar-refractivity contribution < 1.29 is 0 Å². The molecule has 0 radical (unpaired) electrons. The van der Waals surface area contributed by atoms with Gasteiger partial charge in [-0.15, -0.1) is 0 Å². The molecule has 0 saturated carbocycles. The standard InChI is InChI=1S/C14H28N2S2/c1-3-5-7-9-11-15-13(17)14(18)16-12-10-8-6-4-2/h3-12H2,1-2H3,(H,15,17)(H,16,18). The maximum absolute atomic E-state index is 5.24. The second-order valence-corrected chi connectivity index (χ2v) is 5.45. The lowest BCUT2D eigenvalue weighted by molar-refractivity contribution is 0.652. The van der Waals surface area contributed by atoms with Crippen molar-refractivity contribution in [2.24, 2.45) is 0 Å². The quantitative estimate of drug-likeness (QED) is 0.469. The Hall–Kier alpha value is -0.220. The molecule has 0 fully saturated rings. The Morgan fingerprint density at radius 1 is 0.667 bits per heavy atom. The first-order valence-corrected chi connectivity index (χ1v) is 8.10. The van der Waals surface area contributed by atoms with Crippen LogP contribution in [0, 0.1) is 0 Å². The summed E-state index contributed by atoms with van der Waals surface area (Å²) in [4.78, 5) is 1.41. The summed E-state index contributed by atoms with van der Waals surface area (Å²) in [5.74, 6) is 0. The fourth-order valence-electron chi connectivity index (χ4n) is 1.67. The number of nitrogens with one attached hydrogen (secondary N) is 2. The van der Waals surface area contributed by atoms with Crippen LogP contribution >= 0.6 is 24.4 Å². The van der Waals surface area contributed by atoms with Crippen molar-refractivity contribution in [2.75, 3.05) is 13.1 Å². The SMILES string of the molecule is CCCCCCNC(=S)C(=S)NCCCCCC. The number of hydrogen-bond acceptors (Lipinski definition) is 2. The monoisotopic (exact) mass is 288 g/mol. The first-order chi connectivity index (χ1) is 8.72. The van der Waals surface area contributed by atoms with Crippen molar-refractivity contribution in [2.45, 2.75) is 65.2 Å². The van der Waals surface area contributed by atoms with Crippen molar-refractivity contribution in [3.63, 3.8) is 0 Å². The first kappa shape index (κ1) is 17.8. The lowest BCUT2D eigenvalue weighted by Crippen LogP contribution is -2.38. The van der Waals surface area contributed by atoms with Crippen molar-refractivity contribution in [1.29, 1.82) is 0 Å². The van der Waals surface area contributed by atoms with Gasteiger partial charge >= 0.3 is 0 Å². The van der Waals surface area contributed by atoms with Crippen LogP contribution in [0.5, 0.6) is 0 Å². The normalized spacial score (nSPS) is 10.1. The molecule has 0 atom stereocenters. The Balaban J connectivity index is 3.43. The van der Waals surface area contributed by atoms with E-state index in [1.807, 2.05) is 0 Å². The summed E-state index contributed by atoms with van der Waals surface area (Å²) in [5, 5.41) is 6.44. The first-order valence-electron chi connectivity index (χ1n) is 7.28. The molecule has 0 spiro atoms. The van der Waals surface area contributed by atoms with Gasteiger partial charge in [0.15, 0.2) is 0 Å². The Labute approximate surface area is 123 Å². The predicted molar refractivity (Wildman–Crippen MR) is 89.5 cm³/mol. The van der Waals surface area contributed by atoms with Gasteiger partial charge in [-0.3, -0.25) is 0 Å². The van der Waals surface area contributed by atoms with Crippen molar-refractivity contribution in [1.82, 2.24) is 10.6 Å². The van der Waals surface area contributed by atoms with E-state index >= 15 is 0 Å².